The fourth-order valence-electron chi connectivity index (χ4n) is 2.27. The highest BCUT2D eigenvalue weighted by Crippen LogP contribution is 2.19. The van der Waals surface area contributed by atoms with E-state index in [0.29, 0.717) is 12.4 Å². The van der Waals surface area contributed by atoms with Crippen molar-refractivity contribution in [2.24, 2.45) is 0 Å². The minimum atomic E-state index is 0.00719. The van der Waals surface area contributed by atoms with Crippen LogP contribution >= 0.6 is 27.3 Å². The van der Waals surface area contributed by atoms with E-state index >= 15 is 0 Å². The van der Waals surface area contributed by atoms with Gasteiger partial charge in [-0.25, -0.2) is 4.98 Å². The van der Waals surface area contributed by atoms with E-state index in [-0.39, 0.29) is 12.0 Å². The van der Waals surface area contributed by atoms with Crippen LogP contribution < -0.4 is 4.74 Å². The number of nitrogens with zero attached hydrogens (tertiary/aromatic N) is 2. The molecule has 1 unspecified atom stereocenters. The summed E-state index contributed by atoms with van der Waals surface area (Å²) in [5.41, 5.74) is 0. The van der Waals surface area contributed by atoms with Crippen LogP contribution in [0, 0.1) is 0 Å². The molecule has 2 aromatic rings. The number of amides is 1. The fourth-order valence-corrected chi connectivity index (χ4v) is 3.12. The summed E-state index contributed by atoms with van der Waals surface area (Å²) in [6.07, 6.45) is 6.03. The highest BCUT2D eigenvalue weighted by molar-refractivity contribution is 9.10. The number of thiophene rings is 1. The zero-order valence-electron chi connectivity index (χ0n) is 11.8. The Hall–Kier alpha value is -1.66. The zero-order chi connectivity index (χ0) is 15.4. The Morgan fingerprint density at radius 2 is 2.36 bits per heavy atom. The number of carbonyl (C=O) groups is 1. The molecule has 0 bridgehead atoms. The summed E-state index contributed by atoms with van der Waals surface area (Å²) in [4.78, 5) is 19.2. The number of hydrogen-bond donors (Lipinski definition) is 0. The number of rotatable bonds is 4. The Labute approximate surface area is 141 Å². The van der Waals surface area contributed by atoms with E-state index in [1.54, 1.807) is 23.6 Å². The van der Waals surface area contributed by atoms with Gasteiger partial charge >= 0.3 is 0 Å². The normalized spacial score (nSPS) is 18.0. The van der Waals surface area contributed by atoms with Gasteiger partial charge in [-0.3, -0.25) is 4.79 Å². The van der Waals surface area contributed by atoms with Gasteiger partial charge in [0.2, 0.25) is 11.8 Å². The lowest BCUT2D eigenvalue weighted by Crippen LogP contribution is -2.29. The molecule has 0 radical (unpaired) electrons. The lowest BCUT2D eigenvalue weighted by molar-refractivity contribution is -0.125. The average molecular weight is 379 g/mol. The summed E-state index contributed by atoms with van der Waals surface area (Å²) in [6.45, 7) is 1.32. The second-order valence-corrected chi connectivity index (χ2v) is 6.87. The van der Waals surface area contributed by atoms with E-state index in [1.165, 1.54) is 0 Å². The summed E-state index contributed by atoms with van der Waals surface area (Å²) < 4.78 is 6.73. The van der Waals surface area contributed by atoms with Crippen molar-refractivity contribution in [3.05, 3.63) is 51.3 Å². The van der Waals surface area contributed by atoms with Crippen LogP contribution in [0.3, 0.4) is 0 Å². The van der Waals surface area contributed by atoms with Gasteiger partial charge in [0.1, 0.15) is 6.10 Å². The molecule has 114 valence electrons. The number of pyridine rings is 1. The molecule has 3 heterocycles. The van der Waals surface area contributed by atoms with Crippen molar-refractivity contribution >= 4 is 39.2 Å². The predicted octanol–water partition coefficient (Wildman–Crippen LogP) is 3.60. The topological polar surface area (TPSA) is 42.4 Å². The van der Waals surface area contributed by atoms with Crippen molar-refractivity contribution < 1.29 is 9.53 Å². The third-order valence-electron chi connectivity index (χ3n) is 3.38. The first-order valence-corrected chi connectivity index (χ1v) is 8.67. The Kier molecular flexibility index (Phi) is 4.90. The first-order valence-electron chi connectivity index (χ1n) is 6.99. The van der Waals surface area contributed by atoms with Crippen molar-refractivity contribution in [1.82, 2.24) is 9.88 Å². The highest BCUT2D eigenvalue weighted by Gasteiger charge is 2.26. The minimum absolute atomic E-state index is 0.00719. The summed E-state index contributed by atoms with van der Waals surface area (Å²) >= 11 is 4.96. The average Bonchev–Trinajstić information content (AvgIpc) is 3.19. The molecule has 0 aromatic carbocycles. The number of hydrogen-bond acceptors (Lipinski definition) is 4. The molecular weight excluding hydrogens is 364 g/mol. The molecule has 3 rings (SSSR count). The zero-order valence-corrected chi connectivity index (χ0v) is 14.2. The monoisotopic (exact) mass is 378 g/mol. The summed E-state index contributed by atoms with van der Waals surface area (Å²) in [5.74, 6) is 0.625. The van der Waals surface area contributed by atoms with Gasteiger partial charge in [0.05, 0.1) is 6.54 Å². The second kappa shape index (κ2) is 7.07. The first kappa shape index (κ1) is 15.2. The van der Waals surface area contributed by atoms with Crippen LogP contribution in [-0.2, 0) is 4.79 Å². The largest absolute Gasteiger partial charge is 0.472 e. The Balaban J connectivity index is 1.53. The molecule has 4 nitrogen and oxygen atoms in total. The van der Waals surface area contributed by atoms with Gasteiger partial charge in [-0.05, 0) is 39.5 Å². The molecule has 1 amide bonds. The predicted molar refractivity (Wildman–Crippen MR) is 90.9 cm³/mol. The fraction of sp³-hybridized carbons (Fsp3) is 0.250. The summed E-state index contributed by atoms with van der Waals surface area (Å²) in [6, 6.07) is 7.68. The van der Waals surface area contributed by atoms with E-state index in [4.69, 9.17) is 4.74 Å². The third kappa shape index (κ3) is 3.96. The van der Waals surface area contributed by atoms with Gasteiger partial charge in [0, 0.05) is 40.7 Å². The van der Waals surface area contributed by atoms with Gasteiger partial charge in [0.15, 0.2) is 0 Å². The maximum absolute atomic E-state index is 12.1. The van der Waals surface area contributed by atoms with E-state index in [2.05, 4.69) is 20.9 Å². The SMILES string of the molecule is O=C(/C=C/c1cccs1)N1CCC(Oc2ccc(Br)cn2)C1. The van der Waals surface area contributed by atoms with Crippen molar-refractivity contribution in [1.29, 1.82) is 0 Å². The van der Waals surface area contributed by atoms with E-state index < -0.39 is 0 Å². The summed E-state index contributed by atoms with van der Waals surface area (Å²) in [7, 11) is 0. The Morgan fingerprint density at radius 3 is 3.09 bits per heavy atom. The van der Waals surface area contributed by atoms with Crippen LogP contribution in [0.4, 0.5) is 0 Å². The van der Waals surface area contributed by atoms with Gasteiger partial charge in [0.25, 0.3) is 0 Å². The molecule has 1 aliphatic heterocycles. The molecule has 1 atom stereocenters. The highest BCUT2D eigenvalue weighted by atomic mass is 79.9. The van der Waals surface area contributed by atoms with E-state index in [0.717, 1.165) is 22.3 Å². The smallest absolute Gasteiger partial charge is 0.246 e. The van der Waals surface area contributed by atoms with Gasteiger partial charge < -0.3 is 9.64 Å². The number of aromatic nitrogens is 1. The van der Waals surface area contributed by atoms with Crippen LogP contribution in [-0.4, -0.2) is 35.0 Å². The van der Waals surface area contributed by atoms with E-state index in [1.807, 2.05) is 40.6 Å². The molecule has 0 spiro atoms. The molecular formula is C16H15BrN2O2S. The molecule has 1 fully saturated rings. The van der Waals surface area contributed by atoms with Crippen molar-refractivity contribution in [2.45, 2.75) is 12.5 Å². The van der Waals surface area contributed by atoms with Crippen molar-refractivity contribution in [3.8, 4) is 5.88 Å². The van der Waals surface area contributed by atoms with Crippen molar-refractivity contribution in [3.63, 3.8) is 0 Å². The second-order valence-electron chi connectivity index (χ2n) is 4.98. The van der Waals surface area contributed by atoms with Crippen LogP contribution in [0.2, 0.25) is 0 Å². The van der Waals surface area contributed by atoms with Gasteiger partial charge in [-0.15, -0.1) is 11.3 Å². The van der Waals surface area contributed by atoms with Crippen LogP contribution in [0.25, 0.3) is 6.08 Å². The molecule has 1 aliphatic rings. The lowest BCUT2D eigenvalue weighted by Gasteiger charge is -2.15. The number of carbonyl (C=O) groups excluding carboxylic acids is 1. The molecule has 2 aromatic heterocycles. The number of likely N-dealkylation sites (tertiary alicyclic amines) is 1. The molecule has 6 heteroatoms. The molecule has 0 N–H and O–H groups in total. The first-order chi connectivity index (χ1) is 10.7. The molecule has 1 saturated heterocycles. The van der Waals surface area contributed by atoms with Crippen molar-refractivity contribution in [2.75, 3.05) is 13.1 Å². The lowest BCUT2D eigenvalue weighted by atomic mass is 10.3. The Morgan fingerprint density at radius 1 is 1.45 bits per heavy atom. The molecule has 0 aliphatic carbocycles. The Bertz CT molecular complexity index is 655. The maximum atomic E-state index is 12.1. The van der Waals surface area contributed by atoms with Crippen LogP contribution in [0.15, 0.2) is 46.4 Å². The quantitative estimate of drug-likeness (QED) is 0.763. The van der Waals surface area contributed by atoms with Gasteiger partial charge in [-0.2, -0.15) is 0 Å². The maximum Gasteiger partial charge on any atom is 0.246 e. The van der Waals surface area contributed by atoms with Crippen LogP contribution in [0.5, 0.6) is 5.88 Å². The van der Waals surface area contributed by atoms with Gasteiger partial charge in [-0.1, -0.05) is 6.07 Å². The third-order valence-corrected chi connectivity index (χ3v) is 4.68. The number of ether oxygens (including phenoxy) is 1. The standard InChI is InChI=1S/C16H15BrN2O2S/c17-12-3-5-15(18-10-12)21-13-7-8-19(11-13)16(20)6-4-14-2-1-9-22-14/h1-6,9-10,13H,7-8,11H2/b6-4+. The van der Waals surface area contributed by atoms with Crippen LogP contribution in [0.1, 0.15) is 11.3 Å². The molecule has 0 saturated carbocycles. The number of halogens is 1. The van der Waals surface area contributed by atoms with E-state index in [9.17, 15) is 4.79 Å². The molecule has 22 heavy (non-hydrogen) atoms. The summed E-state index contributed by atoms with van der Waals surface area (Å²) in [5, 5.41) is 2.00. The minimum Gasteiger partial charge on any atom is -0.472 e.